The predicted octanol–water partition coefficient (Wildman–Crippen LogP) is 0.821. The van der Waals surface area contributed by atoms with Crippen LogP contribution in [0, 0.1) is 0 Å². The topological polar surface area (TPSA) is 82.5 Å². The van der Waals surface area contributed by atoms with E-state index in [0.717, 1.165) is 26.2 Å². The Balaban J connectivity index is 1.43. The van der Waals surface area contributed by atoms with E-state index in [1.807, 2.05) is 18.0 Å². The summed E-state index contributed by atoms with van der Waals surface area (Å²) in [5, 5.41) is 8.31. The van der Waals surface area contributed by atoms with Gasteiger partial charge in [0, 0.05) is 45.0 Å². The van der Waals surface area contributed by atoms with Crippen LogP contribution in [-0.4, -0.2) is 74.4 Å². The first kappa shape index (κ1) is 18.0. The van der Waals surface area contributed by atoms with E-state index in [1.165, 1.54) is 5.69 Å². The summed E-state index contributed by atoms with van der Waals surface area (Å²) in [7, 11) is -1.05. The molecule has 2 aliphatic heterocycles. The van der Waals surface area contributed by atoms with Crippen molar-refractivity contribution < 1.29 is 8.42 Å². The number of piperazine rings is 1. The molecule has 3 heterocycles. The van der Waals surface area contributed by atoms with Crippen LogP contribution < -0.4 is 14.7 Å². The second-order valence-electron chi connectivity index (χ2n) is 7.09. The van der Waals surface area contributed by atoms with Crippen molar-refractivity contribution >= 4 is 27.3 Å². The zero-order valence-electron chi connectivity index (χ0n) is 15.4. The SMILES string of the molecule is CN(c1cnnc(N2CCN(c3ccccc3)CC2)n1)C1CCS(=O)(=O)C1. The van der Waals surface area contributed by atoms with Gasteiger partial charge in [0.1, 0.15) is 0 Å². The summed E-state index contributed by atoms with van der Waals surface area (Å²) in [6, 6.07) is 10.3. The Morgan fingerprint density at radius 2 is 1.78 bits per heavy atom. The van der Waals surface area contributed by atoms with E-state index in [1.54, 1.807) is 6.20 Å². The standard InChI is InChI=1S/C18H24N6O2S/c1-22(16-7-12-27(25,26)14-16)17-13-19-21-18(20-17)24-10-8-23(9-11-24)15-5-3-2-4-6-15/h2-6,13,16H,7-12,14H2,1H3. The first-order valence-corrected chi connectivity index (χ1v) is 11.0. The molecule has 2 fully saturated rings. The van der Waals surface area contributed by atoms with Gasteiger partial charge in [0.05, 0.1) is 17.7 Å². The van der Waals surface area contributed by atoms with Crippen LogP contribution in [0.3, 0.4) is 0 Å². The maximum absolute atomic E-state index is 11.8. The Kier molecular flexibility index (Phi) is 4.86. The highest BCUT2D eigenvalue weighted by Gasteiger charge is 2.31. The van der Waals surface area contributed by atoms with Gasteiger partial charge in [-0.05, 0) is 18.6 Å². The van der Waals surface area contributed by atoms with Gasteiger partial charge in [0.25, 0.3) is 0 Å². The zero-order valence-corrected chi connectivity index (χ0v) is 16.2. The summed E-state index contributed by atoms with van der Waals surface area (Å²) in [6.45, 7) is 3.44. The zero-order chi connectivity index (χ0) is 18.9. The van der Waals surface area contributed by atoms with Crippen molar-refractivity contribution in [2.45, 2.75) is 12.5 Å². The number of hydrogen-bond donors (Lipinski definition) is 0. The average Bonchev–Trinajstić information content (AvgIpc) is 3.08. The fourth-order valence-corrected chi connectivity index (χ4v) is 5.44. The molecule has 1 atom stereocenters. The van der Waals surface area contributed by atoms with Crippen molar-refractivity contribution in [3.63, 3.8) is 0 Å². The van der Waals surface area contributed by atoms with Crippen LogP contribution in [0.1, 0.15) is 6.42 Å². The molecule has 9 heteroatoms. The Hall–Kier alpha value is -2.42. The molecule has 27 heavy (non-hydrogen) atoms. The number of hydrogen-bond acceptors (Lipinski definition) is 8. The molecule has 2 aromatic rings. The lowest BCUT2D eigenvalue weighted by Crippen LogP contribution is -2.47. The molecule has 0 bridgehead atoms. The minimum atomic E-state index is -2.93. The van der Waals surface area contributed by atoms with Crippen molar-refractivity contribution in [1.82, 2.24) is 15.2 Å². The van der Waals surface area contributed by atoms with Gasteiger partial charge in [-0.25, -0.2) is 8.42 Å². The molecule has 0 radical (unpaired) electrons. The highest BCUT2D eigenvalue weighted by atomic mass is 32.2. The van der Waals surface area contributed by atoms with E-state index in [4.69, 9.17) is 0 Å². The normalized spacial score (nSPS) is 22.0. The lowest BCUT2D eigenvalue weighted by molar-refractivity contribution is 0.600. The first-order chi connectivity index (χ1) is 13.0. The average molecular weight is 388 g/mol. The number of anilines is 3. The number of benzene rings is 1. The summed E-state index contributed by atoms with van der Waals surface area (Å²) >= 11 is 0. The molecule has 0 amide bonds. The molecule has 2 aliphatic rings. The Morgan fingerprint density at radius 1 is 1.07 bits per heavy atom. The summed E-state index contributed by atoms with van der Waals surface area (Å²) in [6.07, 6.45) is 2.24. The molecular weight excluding hydrogens is 364 g/mol. The second-order valence-corrected chi connectivity index (χ2v) is 9.32. The fourth-order valence-electron chi connectivity index (χ4n) is 3.66. The maximum atomic E-state index is 11.8. The van der Waals surface area contributed by atoms with Crippen molar-refractivity contribution in [2.24, 2.45) is 0 Å². The van der Waals surface area contributed by atoms with Crippen LogP contribution >= 0.6 is 0 Å². The Labute approximate surface area is 159 Å². The fraction of sp³-hybridized carbons (Fsp3) is 0.500. The van der Waals surface area contributed by atoms with Gasteiger partial charge < -0.3 is 14.7 Å². The van der Waals surface area contributed by atoms with Crippen LogP contribution in [0.15, 0.2) is 36.5 Å². The lowest BCUT2D eigenvalue weighted by Gasteiger charge is -2.36. The number of rotatable bonds is 4. The first-order valence-electron chi connectivity index (χ1n) is 9.20. The van der Waals surface area contributed by atoms with Crippen LogP contribution in [0.2, 0.25) is 0 Å². The summed E-state index contributed by atoms with van der Waals surface area (Å²) in [4.78, 5) is 11.1. The van der Waals surface area contributed by atoms with Gasteiger partial charge in [-0.2, -0.15) is 10.1 Å². The molecule has 1 aromatic carbocycles. The van der Waals surface area contributed by atoms with Crippen molar-refractivity contribution in [2.75, 3.05) is 59.4 Å². The van der Waals surface area contributed by atoms with E-state index in [0.29, 0.717) is 18.2 Å². The largest absolute Gasteiger partial charge is 0.368 e. The highest BCUT2D eigenvalue weighted by Crippen LogP contribution is 2.23. The molecule has 1 aromatic heterocycles. The van der Waals surface area contributed by atoms with Crippen LogP contribution in [0.5, 0.6) is 0 Å². The third kappa shape index (κ3) is 3.97. The Morgan fingerprint density at radius 3 is 2.44 bits per heavy atom. The lowest BCUT2D eigenvalue weighted by atomic mass is 10.2. The van der Waals surface area contributed by atoms with Crippen LogP contribution in [0.4, 0.5) is 17.5 Å². The molecule has 144 valence electrons. The molecule has 0 spiro atoms. The minimum Gasteiger partial charge on any atom is -0.368 e. The predicted molar refractivity (Wildman–Crippen MR) is 106 cm³/mol. The minimum absolute atomic E-state index is 0.0468. The number of nitrogens with zero attached hydrogens (tertiary/aromatic N) is 6. The van der Waals surface area contributed by atoms with Crippen LogP contribution in [-0.2, 0) is 9.84 Å². The molecule has 0 aliphatic carbocycles. The monoisotopic (exact) mass is 388 g/mol. The van der Waals surface area contributed by atoms with Crippen LogP contribution in [0.25, 0.3) is 0 Å². The number of aromatic nitrogens is 3. The molecule has 0 saturated carbocycles. The highest BCUT2D eigenvalue weighted by molar-refractivity contribution is 7.91. The third-order valence-corrected chi connectivity index (χ3v) is 7.09. The number of sulfone groups is 1. The summed E-state index contributed by atoms with van der Waals surface area (Å²) < 4.78 is 23.5. The van der Waals surface area contributed by atoms with Gasteiger partial charge >= 0.3 is 0 Å². The van der Waals surface area contributed by atoms with E-state index in [-0.39, 0.29) is 17.5 Å². The summed E-state index contributed by atoms with van der Waals surface area (Å²) in [5.41, 5.74) is 1.23. The van der Waals surface area contributed by atoms with Gasteiger partial charge in [-0.3, -0.25) is 0 Å². The molecule has 0 N–H and O–H groups in total. The Bertz CT molecular complexity index is 884. The van der Waals surface area contributed by atoms with Gasteiger partial charge in [0.2, 0.25) is 5.95 Å². The van der Waals surface area contributed by atoms with Gasteiger partial charge in [0.15, 0.2) is 15.7 Å². The molecule has 4 rings (SSSR count). The summed E-state index contributed by atoms with van der Waals surface area (Å²) in [5.74, 6) is 1.70. The molecule has 2 saturated heterocycles. The smallest absolute Gasteiger partial charge is 0.247 e. The van der Waals surface area contributed by atoms with E-state index >= 15 is 0 Å². The second kappa shape index (κ2) is 7.30. The third-order valence-electron chi connectivity index (χ3n) is 5.34. The number of para-hydroxylation sites is 1. The van der Waals surface area contributed by atoms with Gasteiger partial charge in [-0.1, -0.05) is 18.2 Å². The quantitative estimate of drug-likeness (QED) is 0.761. The molecule has 8 nitrogen and oxygen atoms in total. The van der Waals surface area contributed by atoms with Crippen molar-refractivity contribution in [3.8, 4) is 0 Å². The molecule has 1 unspecified atom stereocenters. The maximum Gasteiger partial charge on any atom is 0.247 e. The van der Waals surface area contributed by atoms with E-state index in [9.17, 15) is 8.42 Å². The van der Waals surface area contributed by atoms with E-state index < -0.39 is 9.84 Å². The van der Waals surface area contributed by atoms with Crippen molar-refractivity contribution in [1.29, 1.82) is 0 Å². The van der Waals surface area contributed by atoms with Crippen molar-refractivity contribution in [3.05, 3.63) is 36.5 Å². The van der Waals surface area contributed by atoms with E-state index in [2.05, 4.69) is 49.2 Å². The molecular formula is C18H24N6O2S. The van der Waals surface area contributed by atoms with Gasteiger partial charge in [-0.15, -0.1) is 5.10 Å².